The molecule has 0 fully saturated rings. The summed E-state index contributed by atoms with van der Waals surface area (Å²) in [5.41, 5.74) is 3.45. The molecular formula is C19H21IN4. The summed E-state index contributed by atoms with van der Waals surface area (Å²) in [4.78, 5) is 8.67. The van der Waals surface area contributed by atoms with Gasteiger partial charge in [0.15, 0.2) is 5.96 Å². The van der Waals surface area contributed by atoms with E-state index in [1.165, 1.54) is 16.5 Å². The molecule has 0 aliphatic heterocycles. The topological polar surface area (TPSA) is 49.3 Å². The van der Waals surface area contributed by atoms with Gasteiger partial charge in [0.05, 0.1) is 5.52 Å². The number of hydrogen-bond donors (Lipinski definition) is 2. The predicted molar refractivity (Wildman–Crippen MR) is 111 cm³/mol. The summed E-state index contributed by atoms with van der Waals surface area (Å²) in [5, 5.41) is 7.85. The number of hydrogen-bond acceptors (Lipinski definition) is 2. The van der Waals surface area contributed by atoms with Gasteiger partial charge >= 0.3 is 0 Å². The molecule has 24 heavy (non-hydrogen) atoms. The van der Waals surface area contributed by atoms with Gasteiger partial charge in [-0.1, -0.05) is 48.5 Å². The van der Waals surface area contributed by atoms with Gasteiger partial charge in [0.2, 0.25) is 0 Å². The highest BCUT2D eigenvalue weighted by molar-refractivity contribution is 14.0. The van der Waals surface area contributed by atoms with Crippen molar-refractivity contribution in [1.29, 1.82) is 0 Å². The zero-order chi connectivity index (χ0) is 15.9. The Labute approximate surface area is 159 Å². The minimum atomic E-state index is 0. The van der Waals surface area contributed by atoms with E-state index in [1.54, 1.807) is 7.05 Å². The molecule has 2 aromatic carbocycles. The smallest absolute Gasteiger partial charge is 0.191 e. The molecule has 0 saturated carbocycles. The van der Waals surface area contributed by atoms with E-state index < -0.39 is 0 Å². The fraction of sp³-hybridized carbons (Fsp3) is 0.158. The molecule has 4 nitrogen and oxygen atoms in total. The summed E-state index contributed by atoms with van der Waals surface area (Å²) in [6.07, 6.45) is 1.85. The molecule has 0 aliphatic carbocycles. The van der Waals surface area contributed by atoms with Gasteiger partial charge < -0.3 is 10.6 Å². The van der Waals surface area contributed by atoms with Gasteiger partial charge in [0.1, 0.15) is 0 Å². The van der Waals surface area contributed by atoms with E-state index in [1.807, 2.05) is 48.7 Å². The minimum absolute atomic E-state index is 0. The summed E-state index contributed by atoms with van der Waals surface area (Å²) < 4.78 is 0. The lowest BCUT2D eigenvalue weighted by molar-refractivity contribution is 0.811. The number of nitrogens with zero attached hydrogens (tertiary/aromatic N) is 2. The Balaban J connectivity index is 0.00000208. The maximum atomic E-state index is 4.39. The van der Waals surface area contributed by atoms with Gasteiger partial charge in [-0.25, -0.2) is 0 Å². The van der Waals surface area contributed by atoms with E-state index in [-0.39, 0.29) is 24.0 Å². The quantitative estimate of drug-likeness (QED) is 0.376. The second kappa shape index (κ2) is 9.22. The number of aromatic nitrogens is 1. The largest absolute Gasteiger partial charge is 0.352 e. The highest BCUT2D eigenvalue weighted by Gasteiger charge is 2.03. The molecule has 0 unspecified atom stereocenters. The van der Waals surface area contributed by atoms with Crippen LogP contribution in [0.15, 0.2) is 71.9 Å². The number of halogens is 1. The van der Waals surface area contributed by atoms with Crippen molar-refractivity contribution < 1.29 is 0 Å². The fourth-order valence-corrected chi connectivity index (χ4v) is 2.49. The van der Waals surface area contributed by atoms with Crippen LogP contribution in [0.2, 0.25) is 0 Å². The van der Waals surface area contributed by atoms with E-state index in [9.17, 15) is 0 Å². The zero-order valence-corrected chi connectivity index (χ0v) is 15.9. The van der Waals surface area contributed by atoms with Crippen molar-refractivity contribution >= 4 is 40.8 Å². The van der Waals surface area contributed by atoms with Crippen LogP contribution in [0.1, 0.15) is 11.1 Å². The van der Waals surface area contributed by atoms with Gasteiger partial charge in [-0.2, -0.15) is 0 Å². The fourth-order valence-electron chi connectivity index (χ4n) is 2.49. The Morgan fingerprint density at radius 3 is 2.42 bits per heavy atom. The van der Waals surface area contributed by atoms with E-state index in [0.29, 0.717) is 6.54 Å². The summed E-state index contributed by atoms with van der Waals surface area (Å²) in [7, 11) is 1.78. The average Bonchev–Trinajstić information content (AvgIpc) is 2.63. The highest BCUT2D eigenvalue weighted by atomic mass is 127. The van der Waals surface area contributed by atoms with Crippen molar-refractivity contribution in [2.24, 2.45) is 4.99 Å². The Kier molecular flexibility index (Phi) is 6.99. The van der Waals surface area contributed by atoms with Crippen molar-refractivity contribution in [3.8, 4) is 0 Å². The van der Waals surface area contributed by atoms with Gasteiger partial charge in [-0.15, -0.1) is 24.0 Å². The summed E-state index contributed by atoms with van der Waals surface area (Å²) in [6.45, 7) is 1.45. The first kappa shape index (κ1) is 18.2. The van der Waals surface area contributed by atoms with Crippen molar-refractivity contribution in [2.45, 2.75) is 13.1 Å². The summed E-state index contributed by atoms with van der Waals surface area (Å²) in [6, 6.07) is 20.5. The Hall–Kier alpha value is -2.15. The number of rotatable bonds is 4. The molecule has 0 bridgehead atoms. The van der Waals surface area contributed by atoms with Gasteiger partial charge in [0.25, 0.3) is 0 Å². The average molecular weight is 432 g/mol. The third-order valence-electron chi connectivity index (χ3n) is 3.71. The molecule has 0 atom stereocenters. The molecule has 2 N–H and O–H groups in total. The molecule has 1 aromatic heterocycles. The van der Waals surface area contributed by atoms with Crippen LogP contribution in [0.25, 0.3) is 10.9 Å². The van der Waals surface area contributed by atoms with Gasteiger partial charge in [-0.3, -0.25) is 9.98 Å². The second-order valence-electron chi connectivity index (χ2n) is 5.25. The molecule has 0 aliphatic rings. The lowest BCUT2D eigenvalue weighted by Gasteiger charge is -2.13. The molecule has 0 saturated heterocycles. The van der Waals surface area contributed by atoms with Crippen molar-refractivity contribution in [3.05, 3.63) is 78.0 Å². The van der Waals surface area contributed by atoms with Crippen LogP contribution in [0, 0.1) is 0 Å². The number of guanidine groups is 1. The minimum Gasteiger partial charge on any atom is -0.352 e. The molecule has 1 heterocycles. The maximum Gasteiger partial charge on any atom is 0.191 e. The number of para-hydroxylation sites is 1. The first-order valence-corrected chi connectivity index (χ1v) is 7.68. The van der Waals surface area contributed by atoms with Crippen LogP contribution in [0.5, 0.6) is 0 Å². The van der Waals surface area contributed by atoms with Crippen molar-refractivity contribution in [3.63, 3.8) is 0 Å². The molecule has 5 heteroatoms. The van der Waals surface area contributed by atoms with Crippen LogP contribution >= 0.6 is 24.0 Å². The van der Waals surface area contributed by atoms with Gasteiger partial charge in [0, 0.05) is 31.7 Å². The van der Waals surface area contributed by atoms with E-state index in [0.717, 1.165) is 18.0 Å². The first-order chi connectivity index (χ1) is 11.4. The predicted octanol–water partition coefficient (Wildman–Crippen LogP) is 3.72. The number of nitrogens with one attached hydrogen (secondary N) is 2. The first-order valence-electron chi connectivity index (χ1n) is 7.68. The number of aliphatic imine (C=N–C) groups is 1. The van der Waals surface area contributed by atoms with E-state index >= 15 is 0 Å². The van der Waals surface area contributed by atoms with Crippen LogP contribution in [0.4, 0.5) is 0 Å². The standard InChI is InChI=1S/C19H20N4.HI/c1-20-19(22-13-15-7-3-2-4-8-15)23-14-16-11-12-21-18-10-6-5-9-17(16)18;/h2-12H,13-14H2,1H3,(H2,20,22,23);1H. The van der Waals surface area contributed by atoms with Crippen LogP contribution < -0.4 is 10.6 Å². The Morgan fingerprint density at radius 1 is 0.917 bits per heavy atom. The number of pyridine rings is 1. The van der Waals surface area contributed by atoms with Crippen LogP contribution in [-0.4, -0.2) is 18.0 Å². The third kappa shape index (κ3) is 4.67. The summed E-state index contributed by atoms with van der Waals surface area (Å²) >= 11 is 0. The number of fused-ring (bicyclic) bond motifs is 1. The second-order valence-corrected chi connectivity index (χ2v) is 5.25. The normalized spacial score (nSPS) is 11.0. The van der Waals surface area contributed by atoms with Crippen molar-refractivity contribution in [2.75, 3.05) is 7.05 Å². The monoisotopic (exact) mass is 432 g/mol. The molecule has 3 aromatic rings. The lowest BCUT2D eigenvalue weighted by atomic mass is 10.1. The lowest BCUT2D eigenvalue weighted by Crippen LogP contribution is -2.36. The molecule has 0 radical (unpaired) electrons. The SMILES string of the molecule is CN=C(NCc1ccccc1)NCc1ccnc2ccccc12.I. The van der Waals surface area contributed by atoms with E-state index in [4.69, 9.17) is 0 Å². The number of benzene rings is 2. The Bertz CT molecular complexity index is 797. The zero-order valence-electron chi connectivity index (χ0n) is 13.6. The molecular weight excluding hydrogens is 411 g/mol. The maximum absolute atomic E-state index is 4.39. The van der Waals surface area contributed by atoms with Crippen LogP contribution in [0.3, 0.4) is 0 Å². The highest BCUT2D eigenvalue weighted by Crippen LogP contribution is 2.15. The van der Waals surface area contributed by atoms with Gasteiger partial charge in [-0.05, 0) is 23.3 Å². The third-order valence-corrected chi connectivity index (χ3v) is 3.71. The van der Waals surface area contributed by atoms with E-state index in [2.05, 4.69) is 38.8 Å². The molecule has 124 valence electrons. The summed E-state index contributed by atoms with van der Waals surface area (Å²) in [5.74, 6) is 0.787. The van der Waals surface area contributed by atoms with Crippen molar-refractivity contribution in [1.82, 2.24) is 15.6 Å². The molecule has 0 spiro atoms. The molecule has 3 rings (SSSR count). The molecule has 0 amide bonds. The Morgan fingerprint density at radius 2 is 1.62 bits per heavy atom. The van der Waals surface area contributed by atoms with Crippen LogP contribution in [-0.2, 0) is 13.1 Å².